The van der Waals surface area contributed by atoms with Gasteiger partial charge < -0.3 is 4.74 Å². The molecule has 0 aromatic rings. The number of hydrogen-bond acceptors (Lipinski definition) is 1. The van der Waals surface area contributed by atoms with Gasteiger partial charge in [-0.3, -0.25) is 0 Å². The van der Waals surface area contributed by atoms with Gasteiger partial charge in [0.15, 0.2) is 0 Å². The molecule has 0 aromatic carbocycles. The van der Waals surface area contributed by atoms with E-state index in [1.54, 1.807) is 7.11 Å². The van der Waals surface area contributed by atoms with Crippen LogP contribution in [0.4, 0.5) is 4.39 Å². The normalized spacial score (nSPS) is 18.3. The molecule has 1 aliphatic carbocycles. The van der Waals surface area contributed by atoms with Crippen molar-refractivity contribution in [3.8, 4) is 0 Å². The molecule has 0 unspecified atom stereocenters. The molecule has 0 spiro atoms. The summed E-state index contributed by atoms with van der Waals surface area (Å²) in [7, 11) is 1.58. The van der Waals surface area contributed by atoms with Crippen LogP contribution in [0.1, 0.15) is 26.2 Å². The highest BCUT2D eigenvalue weighted by Gasteiger charge is 2.14. The van der Waals surface area contributed by atoms with Gasteiger partial charge in [-0.2, -0.15) is 0 Å². The third kappa shape index (κ3) is 1.62. The minimum Gasteiger partial charge on any atom is -0.497 e. The quantitative estimate of drug-likeness (QED) is 0.597. The number of allylic oxidation sites excluding steroid dienone is 3. The summed E-state index contributed by atoms with van der Waals surface area (Å²) in [6.45, 7) is 1.94. The Morgan fingerprint density at radius 3 is 2.82 bits per heavy atom. The maximum absolute atomic E-state index is 13.0. The molecule has 1 aliphatic rings. The zero-order valence-electron chi connectivity index (χ0n) is 6.98. The maximum Gasteiger partial charge on any atom is 0.120 e. The molecule has 0 saturated heterocycles. The lowest BCUT2D eigenvalue weighted by Crippen LogP contribution is -1.99. The van der Waals surface area contributed by atoms with Crippen LogP contribution in [-0.2, 0) is 4.74 Å². The number of hydrogen-bond donors (Lipinski definition) is 0. The minimum atomic E-state index is -0.00755. The van der Waals surface area contributed by atoms with E-state index in [-0.39, 0.29) is 5.83 Å². The highest BCUT2D eigenvalue weighted by Crippen LogP contribution is 2.28. The first-order valence-corrected chi connectivity index (χ1v) is 3.91. The van der Waals surface area contributed by atoms with Crippen LogP contribution >= 0.6 is 0 Å². The van der Waals surface area contributed by atoms with Crippen molar-refractivity contribution >= 4 is 0 Å². The van der Waals surface area contributed by atoms with Crippen molar-refractivity contribution in [3.63, 3.8) is 0 Å². The molecular weight excluding hydrogens is 143 g/mol. The fourth-order valence-electron chi connectivity index (χ4n) is 1.31. The molecule has 2 heteroatoms. The van der Waals surface area contributed by atoms with Crippen molar-refractivity contribution in [2.75, 3.05) is 7.11 Å². The molecule has 0 heterocycles. The summed E-state index contributed by atoms with van der Waals surface area (Å²) in [6.07, 6.45) is 3.96. The van der Waals surface area contributed by atoms with Gasteiger partial charge in [-0.05, 0) is 18.9 Å². The van der Waals surface area contributed by atoms with Crippen LogP contribution in [0.3, 0.4) is 0 Å². The summed E-state index contributed by atoms with van der Waals surface area (Å²) in [5.74, 6) is 0.711. The van der Waals surface area contributed by atoms with Crippen LogP contribution in [-0.4, -0.2) is 7.11 Å². The van der Waals surface area contributed by atoms with Gasteiger partial charge in [-0.25, -0.2) is 4.39 Å². The maximum atomic E-state index is 13.0. The lowest BCUT2D eigenvalue weighted by molar-refractivity contribution is 0.290. The summed E-state index contributed by atoms with van der Waals surface area (Å²) < 4.78 is 18.1. The van der Waals surface area contributed by atoms with E-state index in [1.165, 1.54) is 0 Å². The summed E-state index contributed by atoms with van der Waals surface area (Å²) in [5.41, 5.74) is 0.735. The fourth-order valence-corrected chi connectivity index (χ4v) is 1.31. The molecule has 0 fully saturated rings. The average Bonchev–Trinajstić information content (AvgIpc) is 2.04. The van der Waals surface area contributed by atoms with Crippen LogP contribution in [0.25, 0.3) is 0 Å². The van der Waals surface area contributed by atoms with Crippen LogP contribution in [0.2, 0.25) is 0 Å². The van der Waals surface area contributed by atoms with Gasteiger partial charge in [0.05, 0.1) is 7.11 Å². The second-order valence-corrected chi connectivity index (χ2v) is 2.55. The summed E-state index contributed by atoms with van der Waals surface area (Å²) in [4.78, 5) is 0. The van der Waals surface area contributed by atoms with Gasteiger partial charge in [-0.1, -0.05) is 6.92 Å². The van der Waals surface area contributed by atoms with Crippen LogP contribution in [0.15, 0.2) is 23.2 Å². The number of rotatable bonds is 2. The molecular formula is C9H13FO. The first-order chi connectivity index (χ1) is 5.29. The zero-order valence-corrected chi connectivity index (χ0v) is 6.98. The predicted octanol–water partition coefficient (Wildman–Crippen LogP) is 2.94. The average molecular weight is 156 g/mol. The monoisotopic (exact) mass is 156 g/mol. The second-order valence-electron chi connectivity index (χ2n) is 2.55. The van der Waals surface area contributed by atoms with Gasteiger partial charge in [0, 0.05) is 12.0 Å². The summed E-state index contributed by atoms with van der Waals surface area (Å²) in [5, 5.41) is 0. The van der Waals surface area contributed by atoms with Crippen molar-refractivity contribution in [2.24, 2.45) is 0 Å². The molecule has 0 aliphatic heterocycles. The van der Waals surface area contributed by atoms with E-state index in [4.69, 9.17) is 4.74 Å². The van der Waals surface area contributed by atoms with Crippen molar-refractivity contribution in [1.82, 2.24) is 0 Å². The third-order valence-corrected chi connectivity index (χ3v) is 1.89. The third-order valence-electron chi connectivity index (χ3n) is 1.89. The number of methoxy groups -OCH3 is 1. The van der Waals surface area contributed by atoms with E-state index in [2.05, 4.69) is 0 Å². The molecule has 0 atom stereocenters. The lowest BCUT2D eigenvalue weighted by atomic mass is 10.0. The Bertz CT molecular complexity index is 204. The molecule has 62 valence electrons. The van der Waals surface area contributed by atoms with Crippen molar-refractivity contribution in [1.29, 1.82) is 0 Å². The molecule has 0 radical (unpaired) electrons. The summed E-state index contributed by atoms with van der Waals surface area (Å²) in [6, 6.07) is 0. The molecule has 0 bridgehead atoms. The van der Waals surface area contributed by atoms with E-state index in [1.807, 2.05) is 13.0 Å². The zero-order chi connectivity index (χ0) is 8.27. The summed E-state index contributed by atoms with van der Waals surface area (Å²) >= 11 is 0. The van der Waals surface area contributed by atoms with E-state index in [0.29, 0.717) is 12.8 Å². The molecule has 0 amide bonds. The first kappa shape index (κ1) is 8.31. The van der Waals surface area contributed by atoms with Crippen LogP contribution < -0.4 is 0 Å². The van der Waals surface area contributed by atoms with Gasteiger partial charge in [0.1, 0.15) is 11.6 Å². The van der Waals surface area contributed by atoms with Crippen LogP contribution in [0, 0.1) is 0 Å². The van der Waals surface area contributed by atoms with E-state index in [0.717, 1.165) is 17.8 Å². The highest BCUT2D eigenvalue weighted by molar-refractivity contribution is 5.31. The lowest BCUT2D eigenvalue weighted by Gasteiger charge is -2.14. The standard InChI is InChI=1S/C9H13FO/c1-3-7-8(10)5-4-6-9(7)11-2/h6H,3-5H2,1-2H3. The van der Waals surface area contributed by atoms with Gasteiger partial charge in [0.25, 0.3) is 0 Å². The minimum absolute atomic E-state index is 0.00755. The Hall–Kier alpha value is -0.790. The van der Waals surface area contributed by atoms with Crippen molar-refractivity contribution in [3.05, 3.63) is 23.2 Å². The molecule has 11 heavy (non-hydrogen) atoms. The Kier molecular flexibility index (Phi) is 2.69. The van der Waals surface area contributed by atoms with E-state index in [9.17, 15) is 4.39 Å². The Balaban J connectivity index is 2.86. The first-order valence-electron chi connectivity index (χ1n) is 3.91. The Morgan fingerprint density at radius 2 is 2.36 bits per heavy atom. The van der Waals surface area contributed by atoms with Gasteiger partial charge in [-0.15, -0.1) is 0 Å². The van der Waals surface area contributed by atoms with Crippen molar-refractivity contribution < 1.29 is 9.13 Å². The molecule has 1 rings (SSSR count). The topological polar surface area (TPSA) is 9.23 Å². The van der Waals surface area contributed by atoms with Crippen LogP contribution in [0.5, 0.6) is 0 Å². The Morgan fingerprint density at radius 1 is 1.64 bits per heavy atom. The number of ether oxygens (including phenoxy) is 1. The largest absolute Gasteiger partial charge is 0.497 e. The second kappa shape index (κ2) is 3.56. The Labute approximate surface area is 66.6 Å². The van der Waals surface area contributed by atoms with Gasteiger partial charge >= 0.3 is 0 Å². The number of halogens is 1. The molecule has 0 N–H and O–H groups in total. The van der Waals surface area contributed by atoms with E-state index >= 15 is 0 Å². The van der Waals surface area contributed by atoms with Crippen molar-refractivity contribution in [2.45, 2.75) is 26.2 Å². The highest BCUT2D eigenvalue weighted by atomic mass is 19.1. The predicted molar refractivity (Wildman–Crippen MR) is 42.8 cm³/mol. The fraction of sp³-hybridized carbons (Fsp3) is 0.556. The van der Waals surface area contributed by atoms with Gasteiger partial charge in [0.2, 0.25) is 0 Å². The molecule has 0 saturated carbocycles. The SMILES string of the molecule is CCC1=C(F)CCC=C1OC. The smallest absolute Gasteiger partial charge is 0.120 e. The molecule has 0 aromatic heterocycles. The molecule has 1 nitrogen and oxygen atoms in total. The van der Waals surface area contributed by atoms with E-state index < -0.39 is 0 Å².